The minimum absolute atomic E-state index is 0.102. The number of halogens is 4. The lowest BCUT2D eigenvalue weighted by molar-refractivity contribution is -0.0688. The van der Waals surface area contributed by atoms with E-state index in [2.05, 4.69) is 27.3 Å². The quantitative estimate of drug-likeness (QED) is 0.302. The van der Waals surface area contributed by atoms with Crippen LogP contribution in [-0.2, 0) is 12.0 Å². The summed E-state index contributed by atoms with van der Waals surface area (Å²) in [6.07, 6.45) is 0.798. The van der Waals surface area contributed by atoms with Crippen molar-refractivity contribution in [2.24, 2.45) is 0 Å². The molecule has 0 atom stereocenters. The molecule has 4 rings (SSSR count). The van der Waals surface area contributed by atoms with E-state index in [0.29, 0.717) is 46.3 Å². The Morgan fingerprint density at radius 1 is 1.19 bits per heavy atom. The molecule has 0 spiro atoms. The molecule has 2 aromatic heterocycles. The van der Waals surface area contributed by atoms with E-state index in [-0.39, 0.29) is 48.2 Å². The summed E-state index contributed by atoms with van der Waals surface area (Å²) < 4.78 is 57.8. The van der Waals surface area contributed by atoms with Crippen molar-refractivity contribution in [2.75, 3.05) is 39.0 Å². The lowest BCUT2D eigenvalue weighted by Crippen LogP contribution is -2.27. The molecule has 2 N–H and O–H groups in total. The van der Waals surface area contributed by atoms with Gasteiger partial charge in [0.1, 0.15) is 17.2 Å². The van der Waals surface area contributed by atoms with Crippen LogP contribution in [-0.4, -0.2) is 65.5 Å². The molecule has 0 bridgehead atoms. The van der Waals surface area contributed by atoms with Crippen molar-refractivity contribution in [3.63, 3.8) is 0 Å². The van der Waals surface area contributed by atoms with Gasteiger partial charge in [-0.3, -0.25) is 9.69 Å². The van der Waals surface area contributed by atoms with Crippen molar-refractivity contribution in [3.05, 3.63) is 77.0 Å². The number of pyridine rings is 1. The number of nitrogens with one attached hydrogen (secondary N) is 2. The number of hydrogen-bond donors (Lipinski definition) is 2. The Bertz CT molecular complexity index is 1560. The number of nitrogens with zero attached hydrogens (tertiary/aromatic N) is 4. The molecule has 7 nitrogen and oxygen atoms in total. The van der Waals surface area contributed by atoms with Gasteiger partial charge < -0.3 is 10.6 Å². The Kier molecular flexibility index (Phi) is 8.91. The monoisotopic (exact) mass is 584 g/mol. The summed E-state index contributed by atoms with van der Waals surface area (Å²) in [5.41, 5.74) is 0.297. The Morgan fingerprint density at radius 3 is 2.57 bits per heavy atom. The number of rotatable bonds is 8. The molecular weight excluding hydrogens is 548 g/mol. The number of alkyl halides is 3. The van der Waals surface area contributed by atoms with Gasteiger partial charge in [-0.05, 0) is 69.3 Å². The van der Waals surface area contributed by atoms with Gasteiger partial charge in [-0.2, -0.15) is 18.3 Å². The number of carbonyl (C=O) groups is 1. The Balaban J connectivity index is 1.63. The number of likely N-dealkylation sites (N-methyl/N-ethyl adjacent to an activating group) is 1. The molecule has 1 aliphatic heterocycles. The molecule has 42 heavy (non-hydrogen) atoms. The first kappa shape index (κ1) is 31.0. The Morgan fingerprint density at radius 2 is 1.93 bits per heavy atom. The molecule has 1 aromatic carbocycles. The van der Waals surface area contributed by atoms with Crippen LogP contribution in [0.25, 0.3) is 22.4 Å². The molecule has 224 valence electrons. The molecule has 0 saturated heterocycles. The molecule has 3 heterocycles. The molecule has 0 aliphatic carbocycles. The first-order valence-electron chi connectivity index (χ1n) is 13.7. The van der Waals surface area contributed by atoms with Crippen LogP contribution in [0.15, 0.2) is 54.5 Å². The first-order valence-corrected chi connectivity index (χ1v) is 13.7. The van der Waals surface area contributed by atoms with E-state index in [9.17, 15) is 22.4 Å². The SMILES string of the molecule is C=C(c1nc(/C=C/CNC(=O)c2cnn(C(C)(C)C)c2NC)cc2c(CC3=C(F)CN(C)CC3)cccc12)C(F)(F)F. The van der Waals surface area contributed by atoms with Crippen LogP contribution in [0.5, 0.6) is 0 Å². The smallest absolute Gasteiger partial charge is 0.373 e. The predicted octanol–water partition coefficient (Wildman–Crippen LogP) is 6.35. The molecule has 0 radical (unpaired) electrons. The van der Waals surface area contributed by atoms with Crippen LogP contribution < -0.4 is 10.6 Å². The highest BCUT2D eigenvalue weighted by atomic mass is 19.4. The van der Waals surface area contributed by atoms with Crippen LogP contribution in [0.1, 0.15) is 54.5 Å². The van der Waals surface area contributed by atoms with Crippen molar-refractivity contribution in [1.82, 2.24) is 25.0 Å². The van der Waals surface area contributed by atoms with Gasteiger partial charge in [-0.15, -0.1) is 0 Å². The maximum atomic E-state index is 14.7. The Hall–Kier alpha value is -3.99. The number of fused-ring (bicyclic) bond motifs is 1. The van der Waals surface area contributed by atoms with E-state index >= 15 is 0 Å². The van der Waals surface area contributed by atoms with E-state index in [1.807, 2.05) is 32.7 Å². The number of carbonyl (C=O) groups excluding carboxylic acids is 1. The largest absolute Gasteiger partial charge is 0.417 e. The topological polar surface area (TPSA) is 75.1 Å². The van der Waals surface area contributed by atoms with E-state index in [0.717, 1.165) is 0 Å². The highest BCUT2D eigenvalue weighted by Gasteiger charge is 2.35. The van der Waals surface area contributed by atoms with Crippen molar-refractivity contribution in [3.8, 4) is 0 Å². The number of hydrogen-bond acceptors (Lipinski definition) is 5. The summed E-state index contributed by atoms with van der Waals surface area (Å²) >= 11 is 0. The fraction of sp³-hybridized carbons (Fsp3) is 0.387. The summed E-state index contributed by atoms with van der Waals surface area (Å²) in [6, 6.07) is 6.72. The van der Waals surface area contributed by atoms with E-state index < -0.39 is 11.7 Å². The molecule has 3 aromatic rings. The third kappa shape index (κ3) is 6.73. The molecule has 0 fully saturated rings. The van der Waals surface area contributed by atoms with Gasteiger partial charge in [0.2, 0.25) is 0 Å². The van der Waals surface area contributed by atoms with Crippen LogP contribution in [0.2, 0.25) is 0 Å². The second-order valence-corrected chi connectivity index (χ2v) is 11.4. The maximum absolute atomic E-state index is 14.7. The molecule has 0 unspecified atom stereocenters. The zero-order chi connectivity index (χ0) is 30.8. The molecule has 11 heteroatoms. The average Bonchev–Trinajstić information content (AvgIpc) is 3.37. The fourth-order valence-corrected chi connectivity index (χ4v) is 4.96. The zero-order valence-corrected chi connectivity index (χ0v) is 24.5. The van der Waals surface area contributed by atoms with Crippen molar-refractivity contribution in [2.45, 2.75) is 45.3 Å². The van der Waals surface area contributed by atoms with Gasteiger partial charge in [0.15, 0.2) is 0 Å². The van der Waals surface area contributed by atoms with Crippen LogP contribution in [0.3, 0.4) is 0 Å². The van der Waals surface area contributed by atoms with Gasteiger partial charge in [-0.1, -0.05) is 30.9 Å². The molecule has 0 saturated carbocycles. The van der Waals surface area contributed by atoms with Gasteiger partial charge in [0.05, 0.1) is 28.7 Å². The molecular formula is C31H36F4N6O. The second-order valence-electron chi connectivity index (χ2n) is 11.4. The number of aromatic nitrogens is 3. The zero-order valence-electron chi connectivity index (χ0n) is 24.5. The van der Waals surface area contributed by atoms with E-state index in [1.54, 1.807) is 48.1 Å². The predicted molar refractivity (Wildman–Crippen MR) is 159 cm³/mol. The van der Waals surface area contributed by atoms with Gasteiger partial charge >= 0.3 is 6.18 Å². The molecule has 1 amide bonds. The third-order valence-electron chi connectivity index (χ3n) is 7.16. The highest BCUT2D eigenvalue weighted by Crippen LogP contribution is 2.37. The fourth-order valence-electron chi connectivity index (χ4n) is 4.96. The number of amides is 1. The third-order valence-corrected chi connectivity index (χ3v) is 7.16. The van der Waals surface area contributed by atoms with Crippen molar-refractivity contribution in [1.29, 1.82) is 0 Å². The van der Waals surface area contributed by atoms with Crippen LogP contribution in [0.4, 0.5) is 23.4 Å². The average molecular weight is 585 g/mol. The standard InChI is InChI=1S/C31H36F4N6O/c1-19(31(33,34)35)27-23-11-7-9-20(15-21-12-14-40(6)18-26(21)32)24(23)16-22(39-27)10-8-13-37-29(42)25-17-38-41(28(25)36-5)30(2,3)4/h7-11,16-17,36H,1,12-15,18H2,2-6H3,(H,37,42)/b10-8+. The summed E-state index contributed by atoms with van der Waals surface area (Å²) in [6.45, 7) is 10.2. The molecule has 1 aliphatic rings. The van der Waals surface area contributed by atoms with Crippen molar-refractivity contribution >= 4 is 34.1 Å². The highest BCUT2D eigenvalue weighted by molar-refractivity contribution is 5.99. The summed E-state index contributed by atoms with van der Waals surface area (Å²) in [7, 11) is 3.55. The first-order chi connectivity index (χ1) is 19.7. The summed E-state index contributed by atoms with van der Waals surface area (Å²) in [4.78, 5) is 19.0. The number of anilines is 1. The summed E-state index contributed by atoms with van der Waals surface area (Å²) in [5.74, 6) is 0.00654. The lowest BCUT2D eigenvalue weighted by atomic mass is 9.93. The van der Waals surface area contributed by atoms with Gasteiger partial charge in [0.25, 0.3) is 5.91 Å². The second kappa shape index (κ2) is 12.1. The lowest BCUT2D eigenvalue weighted by Gasteiger charge is -2.24. The van der Waals surface area contributed by atoms with Crippen LogP contribution >= 0.6 is 0 Å². The number of benzene rings is 1. The van der Waals surface area contributed by atoms with Gasteiger partial charge in [-0.25, -0.2) is 14.1 Å². The summed E-state index contributed by atoms with van der Waals surface area (Å²) in [5, 5.41) is 11.0. The number of allylic oxidation sites excluding steroid dienone is 1. The van der Waals surface area contributed by atoms with Gasteiger partial charge in [0, 0.05) is 32.1 Å². The minimum Gasteiger partial charge on any atom is -0.373 e. The Labute approximate surface area is 243 Å². The van der Waals surface area contributed by atoms with E-state index in [4.69, 9.17) is 0 Å². The normalized spacial score (nSPS) is 15.1. The minimum atomic E-state index is -4.68. The van der Waals surface area contributed by atoms with Crippen molar-refractivity contribution < 1.29 is 22.4 Å². The van der Waals surface area contributed by atoms with Crippen LogP contribution in [0, 0.1) is 0 Å². The maximum Gasteiger partial charge on any atom is 0.417 e. The van der Waals surface area contributed by atoms with E-state index in [1.165, 1.54) is 6.20 Å².